The maximum absolute atomic E-state index is 12.3. The Morgan fingerprint density at radius 1 is 1.36 bits per heavy atom. The second kappa shape index (κ2) is 5.49. The van der Waals surface area contributed by atoms with Gasteiger partial charge in [-0.1, -0.05) is 30.0 Å². The molecule has 7 heteroatoms. The van der Waals surface area contributed by atoms with Crippen molar-refractivity contribution in [3.8, 4) is 5.69 Å². The van der Waals surface area contributed by atoms with Gasteiger partial charge in [0.2, 0.25) is 11.8 Å². The average Bonchev–Trinajstić information content (AvgIpc) is 2.85. The molecular weight excluding hydrogens is 300 g/mol. The van der Waals surface area contributed by atoms with E-state index in [0.717, 1.165) is 10.7 Å². The smallest absolute Gasteiger partial charge is 0.240 e. The van der Waals surface area contributed by atoms with Crippen molar-refractivity contribution in [3.63, 3.8) is 0 Å². The molecule has 0 spiro atoms. The van der Waals surface area contributed by atoms with Gasteiger partial charge >= 0.3 is 0 Å². The number of carbonyl (C=O) groups is 2. The molecule has 0 saturated carbocycles. The Hall–Kier alpha value is -2.28. The molecule has 6 nitrogen and oxygen atoms in total. The fraction of sp³-hybridized carbons (Fsp3) is 0.267. The van der Waals surface area contributed by atoms with E-state index >= 15 is 0 Å². The summed E-state index contributed by atoms with van der Waals surface area (Å²) >= 11 is 1.43. The summed E-state index contributed by atoms with van der Waals surface area (Å²) in [7, 11) is 0. The highest BCUT2D eigenvalue weighted by atomic mass is 32.2. The first-order chi connectivity index (χ1) is 10.5. The van der Waals surface area contributed by atoms with E-state index < -0.39 is 11.9 Å². The minimum atomic E-state index is -0.695. The molecule has 114 valence electrons. The predicted molar refractivity (Wildman–Crippen MR) is 85.2 cm³/mol. The van der Waals surface area contributed by atoms with Crippen LogP contribution in [0.2, 0.25) is 0 Å². The number of anilines is 1. The third-order valence-corrected chi connectivity index (χ3v) is 4.66. The first-order valence-electron chi connectivity index (χ1n) is 6.90. The van der Waals surface area contributed by atoms with E-state index in [-0.39, 0.29) is 11.7 Å². The van der Waals surface area contributed by atoms with Crippen molar-refractivity contribution in [2.45, 2.75) is 24.9 Å². The maximum atomic E-state index is 12.3. The van der Waals surface area contributed by atoms with E-state index in [0.29, 0.717) is 11.4 Å². The van der Waals surface area contributed by atoms with Gasteiger partial charge in [0.25, 0.3) is 0 Å². The maximum Gasteiger partial charge on any atom is 0.240 e. The van der Waals surface area contributed by atoms with Crippen LogP contribution in [0.25, 0.3) is 5.69 Å². The lowest BCUT2D eigenvalue weighted by molar-refractivity contribution is -0.123. The minimum absolute atomic E-state index is 0.125. The van der Waals surface area contributed by atoms with Gasteiger partial charge in [0.1, 0.15) is 16.8 Å². The molecule has 0 bridgehead atoms. The van der Waals surface area contributed by atoms with Crippen molar-refractivity contribution in [2.75, 3.05) is 10.7 Å². The van der Waals surface area contributed by atoms with Crippen LogP contribution in [0.3, 0.4) is 0 Å². The van der Waals surface area contributed by atoms with Gasteiger partial charge in [-0.05, 0) is 26.0 Å². The lowest BCUT2D eigenvalue weighted by Crippen LogP contribution is -2.48. The molecular formula is C15H16N4O2S. The molecule has 1 aromatic carbocycles. The quantitative estimate of drug-likeness (QED) is 0.930. The summed E-state index contributed by atoms with van der Waals surface area (Å²) in [6.07, 6.45) is 0. The van der Waals surface area contributed by atoms with Crippen LogP contribution in [0.4, 0.5) is 5.69 Å². The fourth-order valence-electron chi connectivity index (χ4n) is 2.51. The number of hydrogen-bond donors (Lipinski definition) is 1. The van der Waals surface area contributed by atoms with Gasteiger partial charge in [-0.3, -0.25) is 14.5 Å². The van der Waals surface area contributed by atoms with Crippen LogP contribution in [-0.2, 0) is 9.59 Å². The Morgan fingerprint density at radius 2 is 2.05 bits per heavy atom. The monoisotopic (exact) mass is 316 g/mol. The number of benzene rings is 1. The van der Waals surface area contributed by atoms with Crippen LogP contribution < -0.4 is 10.6 Å². The number of rotatable bonds is 3. The zero-order valence-electron chi connectivity index (χ0n) is 12.3. The summed E-state index contributed by atoms with van der Waals surface area (Å²) in [6.45, 7) is 3.47. The number of carbonyl (C=O) groups excluding carboxylic acids is 2. The molecule has 3 rings (SSSR count). The van der Waals surface area contributed by atoms with E-state index in [4.69, 9.17) is 5.73 Å². The summed E-state index contributed by atoms with van der Waals surface area (Å²) in [5.74, 6) is -0.389. The van der Waals surface area contributed by atoms with E-state index in [1.165, 1.54) is 16.7 Å². The van der Waals surface area contributed by atoms with Crippen LogP contribution >= 0.6 is 11.8 Å². The van der Waals surface area contributed by atoms with E-state index in [1.54, 1.807) is 6.92 Å². The SMILES string of the molecule is Cc1nn(-c2ccccc2)c2c1N(C(C)C(N)=O)C(=O)CS2. The van der Waals surface area contributed by atoms with Gasteiger partial charge in [-0.25, -0.2) is 4.68 Å². The van der Waals surface area contributed by atoms with Gasteiger partial charge in [0, 0.05) is 0 Å². The van der Waals surface area contributed by atoms with Crippen molar-refractivity contribution in [3.05, 3.63) is 36.0 Å². The standard InChI is InChI=1S/C15H16N4O2S/c1-9-13-15(19(17-9)11-6-4-3-5-7-11)22-8-12(20)18(13)10(2)14(16)21/h3-7,10H,8H2,1-2H3,(H2,16,21). The molecule has 0 fully saturated rings. The van der Waals surface area contributed by atoms with Gasteiger partial charge in [-0.2, -0.15) is 5.10 Å². The topological polar surface area (TPSA) is 81.2 Å². The Labute approximate surface area is 132 Å². The largest absolute Gasteiger partial charge is 0.368 e. The fourth-order valence-corrected chi connectivity index (χ4v) is 3.56. The third kappa shape index (κ3) is 2.27. The van der Waals surface area contributed by atoms with E-state index in [1.807, 2.05) is 41.9 Å². The molecule has 2 amide bonds. The van der Waals surface area contributed by atoms with Crippen LogP contribution in [0, 0.1) is 6.92 Å². The highest BCUT2D eigenvalue weighted by Crippen LogP contribution is 2.40. The molecule has 1 aliphatic heterocycles. The van der Waals surface area contributed by atoms with Crippen molar-refractivity contribution in [2.24, 2.45) is 5.73 Å². The van der Waals surface area contributed by atoms with Crippen LogP contribution in [0.5, 0.6) is 0 Å². The first-order valence-corrected chi connectivity index (χ1v) is 7.88. The first kappa shape index (κ1) is 14.6. The number of amides is 2. The number of nitrogens with zero attached hydrogens (tertiary/aromatic N) is 3. The molecule has 1 aromatic heterocycles. The van der Waals surface area contributed by atoms with Gasteiger partial charge < -0.3 is 5.73 Å². The molecule has 2 aromatic rings. The molecule has 1 unspecified atom stereocenters. The van der Waals surface area contributed by atoms with E-state index in [9.17, 15) is 9.59 Å². The molecule has 2 heterocycles. The van der Waals surface area contributed by atoms with Crippen LogP contribution in [0.1, 0.15) is 12.6 Å². The minimum Gasteiger partial charge on any atom is -0.368 e. The Morgan fingerprint density at radius 3 is 2.68 bits per heavy atom. The summed E-state index contributed by atoms with van der Waals surface area (Å²) < 4.78 is 1.81. The Bertz CT molecular complexity index is 742. The highest BCUT2D eigenvalue weighted by Gasteiger charge is 2.36. The van der Waals surface area contributed by atoms with Crippen LogP contribution in [-0.4, -0.2) is 33.4 Å². The predicted octanol–water partition coefficient (Wildman–Crippen LogP) is 1.49. The number of para-hydroxylation sites is 1. The summed E-state index contributed by atoms with van der Waals surface area (Å²) in [6, 6.07) is 9.00. The van der Waals surface area contributed by atoms with Crippen molar-refractivity contribution >= 4 is 29.3 Å². The van der Waals surface area contributed by atoms with Crippen molar-refractivity contribution in [1.29, 1.82) is 0 Å². The second-order valence-corrected chi connectivity index (χ2v) is 6.08. The zero-order chi connectivity index (χ0) is 15.9. The van der Waals surface area contributed by atoms with Gasteiger partial charge in [0.15, 0.2) is 0 Å². The van der Waals surface area contributed by atoms with Crippen LogP contribution in [0.15, 0.2) is 35.4 Å². The molecule has 1 aliphatic rings. The lowest BCUT2D eigenvalue weighted by Gasteiger charge is -2.30. The van der Waals surface area contributed by atoms with Gasteiger partial charge in [0.05, 0.1) is 17.1 Å². The Kier molecular flexibility index (Phi) is 3.66. The number of hydrogen-bond acceptors (Lipinski definition) is 4. The molecule has 1 atom stereocenters. The second-order valence-electron chi connectivity index (χ2n) is 5.12. The Balaban J connectivity index is 2.15. The molecule has 0 radical (unpaired) electrons. The number of nitrogens with two attached hydrogens (primary N) is 1. The summed E-state index contributed by atoms with van der Waals surface area (Å²) in [4.78, 5) is 25.3. The molecule has 0 saturated heterocycles. The number of aryl methyl sites for hydroxylation is 1. The number of aromatic nitrogens is 2. The van der Waals surface area contributed by atoms with Crippen molar-refractivity contribution in [1.82, 2.24) is 9.78 Å². The highest BCUT2D eigenvalue weighted by molar-refractivity contribution is 8.00. The molecule has 0 aliphatic carbocycles. The van der Waals surface area contributed by atoms with E-state index in [2.05, 4.69) is 5.10 Å². The zero-order valence-corrected chi connectivity index (χ0v) is 13.1. The van der Waals surface area contributed by atoms with Crippen molar-refractivity contribution < 1.29 is 9.59 Å². The molecule has 22 heavy (non-hydrogen) atoms. The summed E-state index contributed by atoms with van der Waals surface area (Å²) in [5, 5.41) is 5.40. The number of thioether (sulfide) groups is 1. The van der Waals surface area contributed by atoms with Gasteiger partial charge in [-0.15, -0.1) is 0 Å². The lowest BCUT2D eigenvalue weighted by atomic mass is 10.2. The number of primary amides is 1. The molecule has 2 N–H and O–H groups in total. The average molecular weight is 316 g/mol. The third-order valence-electron chi connectivity index (χ3n) is 3.63. The number of fused-ring (bicyclic) bond motifs is 1. The summed E-state index contributed by atoms with van der Waals surface area (Å²) in [5.41, 5.74) is 7.68. The normalized spacial score (nSPS) is 15.5.